The first kappa shape index (κ1) is 12.8. The van der Waals surface area contributed by atoms with E-state index in [2.05, 4.69) is 9.97 Å². The number of nitrogens with zero attached hydrogens (tertiary/aromatic N) is 2. The molecule has 0 amide bonds. The van der Waals surface area contributed by atoms with Gasteiger partial charge >= 0.3 is 5.97 Å². The molecule has 0 aliphatic heterocycles. The predicted molar refractivity (Wildman–Crippen MR) is 71.7 cm³/mol. The van der Waals surface area contributed by atoms with Crippen LogP contribution in [-0.4, -0.2) is 26.3 Å². The zero-order valence-electron chi connectivity index (χ0n) is 10.0. The Balaban J connectivity index is 2.14. The molecule has 94 valence electrons. The van der Waals surface area contributed by atoms with Crippen molar-refractivity contribution >= 4 is 28.6 Å². The molecule has 18 heavy (non-hydrogen) atoms. The van der Waals surface area contributed by atoms with Crippen LogP contribution in [-0.2, 0) is 4.79 Å². The van der Waals surface area contributed by atoms with Crippen molar-refractivity contribution in [3.05, 3.63) is 30.6 Å². The van der Waals surface area contributed by atoms with E-state index in [1.54, 1.807) is 18.1 Å². The Morgan fingerprint density at radius 2 is 2.17 bits per heavy atom. The molecule has 2 aromatic rings. The predicted octanol–water partition coefficient (Wildman–Crippen LogP) is 2.98. The fraction of sp³-hybridized carbons (Fsp3) is 0.308. The van der Waals surface area contributed by atoms with Gasteiger partial charge in [-0.15, -0.1) is 11.8 Å². The van der Waals surface area contributed by atoms with Crippen LogP contribution < -0.4 is 0 Å². The number of benzene rings is 1. The first-order chi connectivity index (χ1) is 8.66. The lowest BCUT2D eigenvalue weighted by atomic mass is 10.2. The second kappa shape index (κ2) is 5.82. The van der Waals surface area contributed by atoms with Gasteiger partial charge in [0.1, 0.15) is 11.4 Å². The van der Waals surface area contributed by atoms with Crippen LogP contribution in [0.5, 0.6) is 0 Å². The molecule has 0 fully saturated rings. The van der Waals surface area contributed by atoms with E-state index in [1.165, 1.54) is 0 Å². The second-order valence-corrected chi connectivity index (χ2v) is 5.48. The van der Waals surface area contributed by atoms with Gasteiger partial charge in [0.25, 0.3) is 0 Å². The first-order valence-corrected chi connectivity index (χ1v) is 6.63. The van der Waals surface area contributed by atoms with Gasteiger partial charge < -0.3 is 5.11 Å². The summed E-state index contributed by atoms with van der Waals surface area (Å²) in [5.74, 6) is -0.755. The number of hydrogen-bond acceptors (Lipinski definition) is 4. The third kappa shape index (κ3) is 3.20. The van der Waals surface area contributed by atoms with Crippen molar-refractivity contribution in [2.75, 3.05) is 0 Å². The molecular weight excluding hydrogens is 248 g/mol. The summed E-state index contributed by atoms with van der Waals surface area (Å²) in [6.45, 7) is 2.02. The number of fused-ring (bicyclic) bond motifs is 1. The number of rotatable bonds is 5. The molecular formula is C13H14N2O2S. The number of carboxylic acid groups (broad SMARTS) is 1. The quantitative estimate of drug-likeness (QED) is 0.663. The van der Waals surface area contributed by atoms with Crippen molar-refractivity contribution < 1.29 is 9.90 Å². The lowest BCUT2D eigenvalue weighted by Crippen LogP contribution is -2.02. The van der Waals surface area contributed by atoms with Gasteiger partial charge in [0.05, 0.1) is 5.52 Å². The Morgan fingerprint density at radius 1 is 1.39 bits per heavy atom. The fourth-order valence-corrected chi connectivity index (χ4v) is 2.67. The Morgan fingerprint density at radius 3 is 2.94 bits per heavy atom. The highest BCUT2D eigenvalue weighted by molar-refractivity contribution is 8.00. The lowest BCUT2D eigenvalue weighted by Gasteiger charge is -2.10. The average Bonchev–Trinajstić information content (AvgIpc) is 2.37. The van der Waals surface area contributed by atoms with Crippen LogP contribution >= 0.6 is 11.8 Å². The number of thioether (sulfide) groups is 1. The van der Waals surface area contributed by atoms with Crippen molar-refractivity contribution in [2.45, 2.75) is 30.0 Å². The van der Waals surface area contributed by atoms with Crippen molar-refractivity contribution in [1.29, 1.82) is 0 Å². The van der Waals surface area contributed by atoms with Crippen LogP contribution in [0.2, 0.25) is 0 Å². The van der Waals surface area contributed by atoms with Gasteiger partial charge in [-0.1, -0.05) is 25.1 Å². The minimum Gasteiger partial charge on any atom is -0.481 e. The summed E-state index contributed by atoms with van der Waals surface area (Å²) < 4.78 is 0. The van der Waals surface area contributed by atoms with Crippen LogP contribution in [0.25, 0.3) is 10.9 Å². The van der Waals surface area contributed by atoms with E-state index in [9.17, 15) is 4.79 Å². The Labute approximate surface area is 109 Å². The first-order valence-electron chi connectivity index (χ1n) is 5.75. The van der Waals surface area contributed by atoms with E-state index in [0.29, 0.717) is 6.42 Å². The molecule has 1 atom stereocenters. The maximum absolute atomic E-state index is 10.5. The van der Waals surface area contributed by atoms with E-state index >= 15 is 0 Å². The molecule has 0 spiro atoms. The van der Waals surface area contributed by atoms with E-state index in [0.717, 1.165) is 15.9 Å². The summed E-state index contributed by atoms with van der Waals surface area (Å²) in [6, 6.07) is 7.83. The maximum Gasteiger partial charge on any atom is 0.303 e. The smallest absolute Gasteiger partial charge is 0.303 e. The van der Waals surface area contributed by atoms with Crippen LogP contribution in [0.1, 0.15) is 19.8 Å². The van der Waals surface area contributed by atoms with Gasteiger partial charge in [0, 0.05) is 17.1 Å². The molecule has 0 saturated heterocycles. The molecule has 0 aliphatic rings. The molecule has 4 nitrogen and oxygen atoms in total. The van der Waals surface area contributed by atoms with Gasteiger partial charge in [-0.2, -0.15) is 0 Å². The second-order valence-electron chi connectivity index (χ2n) is 4.06. The Hall–Kier alpha value is -1.62. The monoisotopic (exact) mass is 262 g/mol. The molecule has 1 aromatic carbocycles. The number of aliphatic carboxylic acids is 1. The van der Waals surface area contributed by atoms with Crippen molar-refractivity contribution in [1.82, 2.24) is 9.97 Å². The van der Waals surface area contributed by atoms with Crippen molar-refractivity contribution in [3.8, 4) is 0 Å². The molecule has 0 radical (unpaired) electrons. The SMILES string of the molecule is CC(CCC(=O)O)Sc1ncnc2ccccc12. The van der Waals surface area contributed by atoms with E-state index < -0.39 is 5.97 Å². The molecule has 1 N–H and O–H groups in total. The molecule has 1 heterocycles. The van der Waals surface area contributed by atoms with Crippen LogP contribution in [0.3, 0.4) is 0 Å². The third-order valence-electron chi connectivity index (χ3n) is 2.58. The van der Waals surface area contributed by atoms with Gasteiger partial charge in [-0.05, 0) is 12.5 Å². The van der Waals surface area contributed by atoms with E-state index in [-0.39, 0.29) is 11.7 Å². The van der Waals surface area contributed by atoms with Gasteiger partial charge in [-0.25, -0.2) is 9.97 Å². The summed E-state index contributed by atoms with van der Waals surface area (Å²) in [5, 5.41) is 10.8. The molecule has 5 heteroatoms. The maximum atomic E-state index is 10.5. The van der Waals surface area contributed by atoms with Crippen molar-refractivity contribution in [3.63, 3.8) is 0 Å². The Bertz CT molecular complexity index is 554. The summed E-state index contributed by atoms with van der Waals surface area (Å²) in [4.78, 5) is 19.0. The summed E-state index contributed by atoms with van der Waals surface area (Å²) in [7, 11) is 0. The van der Waals surface area contributed by atoms with Crippen LogP contribution in [0.4, 0.5) is 0 Å². The lowest BCUT2D eigenvalue weighted by molar-refractivity contribution is -0.137. The zero-order valence-corrected chi connectivity index (χ0v) is 10.9. The molecule has 1 unspecified atom stereocenters. The largest absolute Gasteiger partial charge is 0.481 e. The molecule has 2 rings (SSSR count). The number of aromatic nitrogens is 2. The van der Waals surface area contributed by atoms with Crippen LogP contribution in [0.15, 0.2) is 35.6 Å². The fourth-order valence-electron chi connectivity index (χ4n) is 1.65. The minimum absolute atomic E-state index is 0.192. The standard InChI is InChI=1S/C13H14N2O2S/c1-9(6-7-12(16)17)18-13-10-4-2-3-5-11(10)14-8-15-13/h2-5,8-9H,6-7H2,1H3,(H,16,17). The van der Waals surface area contributed by atoms with Gasteiger partial charge in [-0.3, -0.25) is 4.79 Å². The summed E-state index contributed by atoms with van der Waals surface area (Å²) >= 11 is 1.60. The topological polar surface area (TPSA) is 63.1 Å². The van der Waals surface area contributed by atoms with Crippen molar-refractivity contribution in [2.24, 2.45) is 0 Å². The average molecular weight is 262 g/mol. The minimum atomic E-state index is -0.755. The normalized spacial score (nSPS) is 12.5. The Kier molecular flexibility index (Phi) is 4.15. The zero-order chi connectivity index (χ0) is 13.0. The van der Waals surface area contributed by atoms with E-state index in [4.69, 9.17) is 5.11 Å². The summed E-state index contributed by atoms with van der Waals surface area (Å²) in [5.41, 5.74) is 0.917. The highest BCUT2D eigenvalue weighted by atomic mass is 32.2. The number of hydrogen-bond donors (Lipinski definition) is 1. The number of para-hydroxylation sites is 1. The van der Waals surface area contributed by atoms with E-state index in [1.807, 2.05) is 31.2 Å². The molecule has 0 saturated carbocycles. The third-order valence-corrected chi connectivity index (χ3v) is 3.77. The number of carbonyl (C=O) groups is 1. The van der Waals surface area contributed by atoms with Gasteiger partial charge in [0.15, 0.2) is 0 Å². The van der Waals surface area contributed by atoms with Crippen LogP contribution in [0, 0.1) is 0 Å². The highest BCUT2D eigenvalue weighted by Gasteiger charge is 2.10. The molecule has 1 aromatic heterocycles. The van der Waals surface area contributed by atoms with Gasteiger partial charge in [0.2, 0.25) is 0 Å². The molecule has 0 bridgehead atoms. The number of carboxylic acids is 1. The highest BCUT2D eigenvalue weighted by Crippen LogP contribution is 2.29. The summed E-state index contributed by atoms with van der Waals surface area (Å²) in [6.07, 6.45) is 2.38. The molecule has 0 aliphatic carbocycles.